The predicted molar refractivity (Wildman–Crippen MR) is 69.4 cm³/mol. The van der Waals surface area contributed by atoms with Crippen LogP contribution in [0, 0.1) is 0 Å². The van der Waals surface area contributed by atoms with Gasteiger partial charge < -0.3 is 19.3 Å². The van der Waals surface area contributed by atoms with Gasteiger partial charge in [-0.2, -0.15) is 0 Å². The number of aliphatic hydroxyl groups is 1. The van der Waals surface area contributed by atoms with Crippen molar-refractivity contribution in [2.75, 3.05) is 33.1 Å². The topological polar surface area (TPSA) is 51.2 Å². The highest BCUT2D eigenvalue weighted by atomic mass is 16.7. The number of ether oxygens (including phenoxy) is 3. The average Bonchev–Trinajstić information content (AvgIpc) is 2.87. The molecule has 3 rings (SSSR count). The second-order valence-electron chi connectivity index (χ2n) is 4.95. The summed E-state index contributed by atoms with van der Waals surface area (Å²) in [6.45, 7) is 5.20. The Bertz CT molecular complexity index is 443. The Kier molecular flexibility index (Phi) is 3.59. The molecule has 104 valence electrons. The van der Waals surface area contributed by atoms with E-state index >= 15 is 0 Å². The Morgan fingerprint density at radius 2 is 1.89 bits per heavy atom. The minimum atomic E-state index is -0.446. The summed E-state index contributed by atoms with van der Waals surface area (Å²) in [6, 6.07) is 5.85. The summed E-state index contributed by atoms with van der Waals surface area (Å²) in [5.74, 6) is 1.53. The Hall–Kier alpha value is -1.30. The highest BCUT2D eigenvalue weighted by molar-refractivity contribution is 5.45. The normalized spacial score (nSPS) is 22.2. The first-order chi connectivity index (χ1) is 9.25. The Morgan fingerprint density at radius 3 is 2.63 bits per heavy atom. The van der Waals surface area contributed by atoms with E-state index in [0.29, 0.717) is 13.2 Å². The minimum Gasteiger partial charge on any atom is -0.454 e. The van der Waals surface area contributed by atoms with E-state index < -0.39 is 6.10 Å². The Labute approximate surface area is 112 Å². The number of hydrogen-bond donors (Lipinski definition) is 1. The van der Waals surface area contributed by atoms with Crippen LogP contribution in [-0.2, 0) is 4.74 Å². The molecule has 0 saturated carbocycles. The van der Waals surface area contributed by atoms with E-state index in [0.717, 1.165) is 30.2 Å². The van der Waals surface area contributed by atoms with Gasteiger partial charge >= 0.3 is 0 Å². The lowest BCUT2D eigenvalue weighted by Gasteiger charge is -2.36. The number of morpholine rings is 1. The third-order valence-corrected chi connectivity index (χ3v) is 3.63. The van der Waals surface area contributed by atoms with Crippen molar-refractivity contribution >= 4 is 0 Å². The van der Waals surface area contributed by atoms with Gasteiger partial charge in [-0.1, -0.05) is 6.07 Å². The molecule has 0 amide bonds. The zero-order valence-electron chi connectivity index (χ0n) is 11.0. The molecular weight excluding hydrogens is 246 g/mol. The molecule has 1 aromatic carbocycles. The van der Waals surface area contributed by atoms with Crippen molar-refractivity contribution in [3.8, 4) is 11.5 Å². The first-order valence-electron chi connectivity index (χ1n) is 6.65. The number of nitrogens with zero attached hydrogens (tertiary/aromatic N) is 1. The monoisotopic (exact) mass is 265 g/mol. The predicted octanol–water partition coefficient (Wildman–Crippen LogP) is 1.17. The molecule has 19 heavy (non-hydrogen) atoms. The summed E-state index contributed by atoms with van der Waals surface area (Å²) in [7, 11) is 0. The van der Waals surface area contributed by atoms with Gasteiger partial charge in [0, 0.05) is 13.1 Å². The SMILES string of the molecule is C[C@H](O)[C@@H](c1ccc2c(c1)OCO2)N1CCOCC1. The van der Waals surface area contributed by atoms with Crippen LogP contribution in [0.5, 0.6) is 11.5 Å². The van der Waals surface area contributed by atoms with Gasteiger partial charge in [0.1, 0.15) is 0 Å². The van der Waals surface area contributed by atoms with E-state index in [1.165, 1.54) is 0 Å². The number of fused-ring (bicyclic) bond motifs is 1. The molecule has 0 radical (unpaired) electrons. The van der Waals surface area contributed by atoms with E-state index in [4.69, 9.17) is 14.2 Å². The number of aliphatic hydroxyl groups excluding tert-OH is 1. The maximum Gasteiger partial charge on any atom is 0.231 e. The van der Waals surface area contributed by atoms with Crippen LogP contribution in [0.2, 0.25) is 0 Å². The van der Waals surface area contributed by atoms with Gasteiger partial charge in [0.25, 0.3) is 0 Å². The molecule has 1 fully saturated rings. The molecule has 2 aliphatic rings. The van der Waals surface area contributed by atoms with Crippen LogP contribution in [0.25, 0.3) is 0 Å². The van der Waals surface area contributed by atoms with Crippen LogP contribution < -0.4 is 9.47 Å². The summed E-state index contributed by atoms with van der Waals surface area (Å²) in [6.07, 6.45) is -0.446. The first-order valence-corrected chi connectivity index (χ1v) is 6.65. The molecule has 1 N–H and O–H groups in total. The Morgan fingerprint density at radius 1 is 1.16 bits per heavy atom. The van der Waals surface area contributed by atoms with Gasteiger partial charge in [0.05, 0.1) is 25.4 Å². The van der Waals surface area contributed by atoms with Crippen molar-refractivity contribution < 1.29 is 19.3 Å². The van der Waals surface area contributed by atoms with Gasteiger partial charge in [-0.3, -0.25) is 4.90 Å². The van der Waals surface area contributed by atoms with Crippen molar-refractivity contribution in [3.05, 3.63) is 23.8 Å². The van der Waals surface area contributed by atoms with Crippen LogP contribution in [0.15, 0.2) is 18.2 Å². The van der Waals surface area contributed by atoms with Gasteiger partial charge in [-0.05, 0) is 24.6 Å². The van der Waals surface area contributed by atoms with Crippen LogP contribution in [0.1, 0.15) is 18.5 Å². The number of hydrogen-bond acceptors (Lipinski definition) is 5. The highest BCUT2D eigenvalue weighted by Gasteiger charge is 2.28. The third-order valence-electron chi connectivity index (χ3n) is 3.63. The van der Waals surface area contributed by atoms with E-state index in [-0.39, 0.29) is 12.8 Å². The zero-order valence-corrected chi connectivity index (χ0v) is 11.0. The largest absolute Gasteiger partial charge is 0.454 e. The lowest BCUT2D eigenvalue weighted by molar-refractivity contribution is -0.0180. The summed E-state index contributed by atoms with van der Waals surface area (Å²) in [5.41, 5.74) is 1.06. The van der Waals surface area contributed by atoms with E-state index in [9.17, 15) is 5.11 Å². The van der Waals surface area contributed by atoms with E-state index in [1.54, 1.807) is 0 Å². The molecule has 2 atom stereocenters. The molecule has 0 spiro atoms. The molecule has 0 aromatic heterocycles. The fourth-order valence-electron chi connectivity index (χ4n) is 2.75. The molecule has 1 aromatic rings. The second-order valence-corrected chi connectivity index (χ2v) is 4.95. The lowest BCUT2D eigenvalue weighted by Crippen LogP contribution is -2.42. The standard InChI is InChI=1S/C14H19NO4/c1-10(16)14(15-4-6-17-7-5-15)11-2-3-12-13(8-11)19-9-18-12/h2-3,8,10,14,16H,4-7,9H2,1H3/t10-,14-/m0/s1. The van der Waals surface area contributed by atoms with Crippen molar-refractivity contribution in [1.29, 1.82) is 0 Å². The Balaban J connectivity index is 1.87. The number of benzene rings is 1. The van der Waals surface area contributed by atoms with E-state index in [1.807, 2.05) is 25.1 Å². The second kappa shape index (κ2) is 5.36. The lowest BCUT2D eigenvalue weighted by atomic mass is 9.99. The zero-order chi connectivity index (χ0) is 13.2. The summed E-state index contributed by atoms with van der Waals surface area (Å²) in [4.78, 5) is 2.26. The summed E-state index contributed by atoms with van der Waals surface area (Å²) in [5, 5.41) is 10.1. The first kappa shape index (κ1) is 12.7. The fourth-order valence-corrected chi connectivity index (χ4v) is 2.75. The molecular formula is C14H19NO4. The quantitative estimate of drug-likeness (QED) is 0.889. The van der Waals surface area contributed by atoms with Crippen molar-refractivity contribution in [3.63, 3.8) is 0 Å². The van der Waals surface area contributed by atoms with Crippen molar-refractivity contribution in [1.82, 2.24) is 4.90 Å². The highest BCUT2D eigenvalue weighted by Crippen LogP contribution is 2.36. The smallest absolute Gasteiger partial charge is 0.231 e. The van der Waals surface area contributed by atoms with Crippen LogP contribution in [0.3, 0.4) is 0 Å². The van der Waals surface area contributed by atoms with Crippen LogP contribution >= 0.6 is 0 Å². The molecule has 2 aliphatic heterocycles. The maximum atomic E-state index is 10.1. The molecule has 5 heteroatoms. The average molecular weight is 265 g/mol. The van der Waals surface area contributed by atoms with Gasteiger partial charge in [0.15, 0.2) is 11.5 Å². The van der Waals surface area contributed by atoms with Gasteiger partial charge in [-0.15, -0.1) is 0 Å². The van der Waals surface area contributed by atoms with Crippen molar-refractivity contribution in [2.24, 2.45) is 0 Å². The summed E-state index contributed by atoms with van der Waals surface area (Å²) < 4.78 is 16.1. The minimum absolute atomic E-state index is 0.0293. The van der Waals surface area contributed by atoms with Crippen molar-refractivity contribution in [2.45, 2.75) is 19.1 Å². The molecule has 5 nitrogen and oxygen atoms in total. The van der Waals surface area contributed by atoms with E-state index in [2.05, 4.69) is 4.90 Å². The van der Waals surface area contributed by atoms with Gasteiger partial charge in [-0.25, -0.2) is 0 Å². The third kappa shape index (κ3) is 2.54. The fraction of sp³-hybridized carbons (Fsp3) is 0.571. The van der Waals surface area contributed by atoms with Crippen LogP contribution in [-0.4, -0.2) is 49.2 Å². The molecule has 2 heterocycles. The number of rotatable bonds is 3. The maximum absolute atomic E-state index is 10.1. The van der Waals surface area contributed by atoms with Gasteiger partial charge in [0.2, 0.25) is 6.79 Å². The summed E-state index contributed by atoms with van der Waals surface area (Å²) >= 11 is 0. The molecule has 0 unspecified atom stereocenters. The molecule has 0 aliphatic carbocycles. The molecule has 1 saturated heterocycles. The molecule has 0 bridgehead atoms. The van der Waals surface area contributed by atoms with Crippen LogP contribution in [0.4, 0.5) is 0 Å².